The highest BCUT2D eigenvalue weighted by Gasteiger charge is 2.24. The summed E-state index contributed by atoms with van der Waals surface area (Å²) in [5.41, 5.74) is 0. The second-order valence-electron chi connectivity index (χ2n) is 4.61. The molecule has 0 aromatic carbocycles. The maximum Gasteiger partial charge on any atom is 0.327 e. The Labute approximate surface area is 95.6 Å². The number of carboxylic acids is 1. The van der Waals surface area contributed by atoms with Crippen LogP contribution in [-0.2, 0) is 9.59 Å². The molecule has 5 nitrogen and oxygen atoms in total. The van der Waals surface area contributed by atoms with Gasteiger partial charge in [0.15, 0.2) is 0 Å². The SMILES string of the molecule is CC(=O)NC(CNC1CCC(C)C1)C(=O)O. The van der Waals surface area contributed by atoms with Gasteiger partial charge in [-0.2, -0.15) is 0 Å². The van der Waals surface area contributed by atoms with Crippen molar-refractivity contribution in [2.24, 2.45) is 5.92 Å². The number of amides is 1. The van der Waals surface area contributed by atoms with Crippen molar-refractivity contribution >= 4 is 11.9 Å². The van der Waals surface area contributed by atoms with E-state index in [1.807, 2.05) is 0 Å². The third-order valence-corrected chi connectivity index (χ3v) is 2.98. The molecular weight excluding hydrogens is 208 g/mol. The molecule has 0 spiro atoms. The Balaban J connectivity index is 2.32. The van der Waals surface area contributed by atoms with Gasteiger partial charge in [-0.15, -0.1) is 0 Å². The fourth-order valence-corrected chi connectivity index (χ4v) is 2.12. The quantitative estimate of drug-likeness (QED) is 0.634. The minimum Gasteiger partial charge on any atom is -0.480 e. The molecule has 16 heavy (non-hydrogen) atoms. The van der Waals surface area contributed by atoms with E-state index < -0.39 is 12.0 Å². The van der Waals surface area contributed by atoms with E-state index >= 15 is 0 Å². The first-order valence-electron chi connectivity index (χ1n) is 5.72. The molecule has 0 aromatic heterocycles. The van der Waals surface area contributed by atoms with Crippen LogP contribution < -0.4 is 10.6 Å². The highest BCUT2D eigenvalue weighted by atomic mass is 16.4. The van der Waals surface area contributed by atoms with Crippen molar-refractivity contribution in [3.63, 3.8) is 0 Å². The van der Waals surface area contributed by atoms with E-state index in [4.69, 9.17) is 5.11 Å². The number of hydrogen-bond donors (Lipinski definition) is 3. The van der Waals surface area contributed by atoms with Gasteiger partial charge in [0, 0.05) is 19.5 Å². The Bertz CT molecular complexity index is 268. The van der Waals surface area contributed by atoms with Crippen molar-refractivity contribution in [1.82, 2.24) is 10.6 Å². The number of carbonyl (C=O) groups is 2. The zero-order valence-corrected chi connectivity index (χ0v) is 9.82. The molecule has 0 heterocycles. The van der Waals surface area contributed by atoms with Gasteiger partial charge in [0.25, 0.3) is 0 Å². The highest BCUT2D eigenvalue weighted by molar-refractivity contribution is 5.82. The van der Waals surface area contributed by atoms with Gasteiger partial charge in [0.1, 0.15) is 6.04 Å². The molecule has 1 aliphatic carbocycles. The van der Waals surface area contributed by atoms with Crippen LogP contribution in [0.25, 0.3) is 0 Å². The highest BCUT2D eigenvalue weighted by Crippen LogP contribution is 2.24. The van der Waals surface area contributed by atoms with Gasteiger partial charge >= 0.3 is 5.97 Å². The van der Waals surface area contributed by atoms with Gasteiger partial charge in [-0.25, -0.2) is 4.79 Å². The summed E-state index contributed by atoms with van der Waals surface area (Å²) >= 11 is 0. The second kappa shape index (κ2) is 5.84. The van der Waals surface area contributed by atoms with Crippen molar-refractivity contribution in [1.29, 1.82) is 0 Å². The van der Waals surface area contributed by atoms with E-state index in [2.05, 4.69) is 17.6 Å². The van der Waals surface area contributed by atoms with E-state index in [9.17, 15) is 9.59 Å². The molecule has 1 aliphatic rings. The summed E-state index contributed by atoms with van der Waals surface area (Å²) < 4.78 is 0. The first kappa shape index (κ1) is 13.0. The Morgan fingerprint density at radius 2 is 2.12 bits per heavy atom. The maximum absolute atomic E-state index is 10.8. The number of carboxylic acid groups (broad SMARTS) is 1. The zero-order valence-electron chi connectivity index (χ0n) is 9.82. The standard InChI is InChI=1S/C11H20N2O3/c1-7-3-4-9(5-7)12-6-10(11(15)16)13-8(2)14/h7,9-10,12H,3-6H2,1-2H3,(H,13,14)(H,15,16). The molecule has 0 aromatic rings. The van der Waals surface area contributed by atoms with Crippen LogP contribution in [0.3, 0.4) is 0 Å². The topological polar surface area (TPSA) is 78.4 Å². The van der Waals surface area contributed by atoms with E-state index in [1.54, 1.807) is 0 Å². The normalized spacial score (nSPS) is 26.4. The lowest BCUT2D eigenvalue weighted by atomic mass is 10.1. The average molecular weight is 228 g/mol. The van der Waals surface area contributed by atoms with Crippen LogP contribution in [-0.4, -0.2) is 35.6 Å². The van der Waals surface area contributed by atoms with Gasteiger partial charge in [-0.3, -0.25) is 4.79 Å². The lowest BCUT2D eigenvalue weighted by Gasteiger charge is -2.17. The minimum atomic E-state index is -0.992. The summed E-state index contributed by atoms with van der Waals surface area (Å²) in [6.07, 6.45) is 3.37. The molecule has 0 aliphatic heterocycles. The molecule has 5 heteroatoms. The van der Waals surface area contributed by atoms with Gasteiger partial charge in [-0.1, -0.05) is 6.92 Å². The number of nitrogens with one attached hydrogen (secondary N) is 2. The Morgan fingerprint density at radius 1 is 1.44 bits per heavy atom. The van der Waals surface area contributed by atoms with Gasteiger partial charge in [-0.05, 0) is 25.2 Å². The maximum atomic E-state index is 10.8. The van der Waals surface area contributed by atoms with Crippen LogP contribution in [0, 0.1) is 5.92 Å². The van der Waals surface area contributed by atoms with Crippen LogP contribution >= 0.6 is 0 Å². The molecule has 1 saturated carbocycles. The molecule has 0 saturated heterocycles. The first-order chi connectivity index (χ1) is 7.49. The molecule has 3 atom stereocenters. The zero-order chi connectivity index (χ0) is 12.1. The van der Waals surface area contributed by atoms with E-state index in [0.717, 1.165) is 12.8 Å². The summed E-state index contributed by atoms with van der Waals surface area (Å²) in [6.45, 7) is 3.82. The van der Waals surface area contributed by atoms with Gasteiger partial charge in [0.05, 0.1) is 0 Å². The third kappa shape index (κ3) is 4.18. The molecule has 92 valence electrons. The first-order valence-corrected chi connectivity index (χ1v) is 5.72. The molecule has 0 radical (unpaired) electrons. The van der Waals surface area contributed by atoms with Gasteiger partial charge < -0.3 is 15.7 Å². The van der Waals surface area contributed by atoms with E-state index in [-0.39, 0.29) is 5.91 Å². The Kier molecular flexibility index (Phi) is 4.73. The Morgan fingerprint density at radius 3 is 2.56 bits per heavy atom. The van der Waals surface area contributed by atoms with Crippen LogP contribution in [0.4, 0.5) is 0 Å². The molecule has 1 fully saturated rings. The predicted molar refractivity (Wildman–Crippen MR) is 60.0 cm³/mol. The molecule has 3 N–H and O–H groups in total. The smallest absolute Gasteiger partial charge is 0.327 e. The number of carbonyl (C=O) groups excluding carboxylic acids is 1. The summed E-state index contributed by atoms with van der Waals surface area (Å²) in [5.74, 6) is -0.593. The number of hydrogen-bond acceptors (Lipinski definition) is 3. The lowest BCUT2D eigenvalue weighted by molar-refractivity contribution is -0.141. The summed E-state index contributed by atoms with van der Waals surface area (Å²) in [4.78, 5) is 21.7. The third-order valence-electron chi connectivity index (χ3n) is 2.98. The monoisotopic (exact) mass is 228 g/mol. The van der Waals surface area contributed by atoms with Crippen LogP contribution in [0.5, 0.6) is 0 Å². The van der Waals surface area contributed by atoms with E-state index in [0.29, 0.717) is 18.5 Å². The van der Waals surface area contributed by atoms with E-state index in [1.165, 1.54) is 13.3 Å². The number of rotatable bonds is 5. The van der Waals surface area contributed by atoms with Crippen LogP contribution in [0.15, 0.2) is 0 Å². The second-order valence-corrected chi connectivity index (χ2v) is 4.61. The summed E-state index contributed by atoms with van der Waals surface area (Å²) in [7, 11) is 0. The van der Waals surface area contributed by atoms with Crippen molar-refractivity contribution in [2.75, 3.05) is 6.54 Å². The van der Waals surface area contributed by atoms with Gasteiger partial charge in [0.2, 0.25) is 5.91 Å². The molecule has 3 unspecified atom stereocenters. The van der Waals surface area contributed by atoms with Crippen molar-refractivity contribution in [3.8, 4) is 0 Å². The van der Waals surface area contributed by atoms with Crippen molar-refractivity contribution < 1.29 is 14.7 Å². The number of aliphatic carboxylic acids is 1. The summed E-state index contributed by atoms with van der Waals surface area (Å²) in [5, 5.41) is 14.5. The lowest BCUT2D eigenvalue weighted by Crippen LogP contribution is -2.48. The van der Waals surface area contributed by atoms with Crippen LogP contribution in [0.2, 0.25) is 0 Å². The molecule has 1 amide bonds. The largest absolute Gasteiger partial charge is 0.480 e. The Hall–Kier alpha value is -1.10. The fourth-order valence-electron chi connectivity index (χ4n) is 2.12. The molecule has 1 rings (SSSR count). The molecule has 0 bridgehead atoms. The molecular formula is C11H20N2O3. The summed E-state index contributed by atoms with van der Waals surface area (Å²) in [6, 6.07) is -0.431. The van der Waals surface area contributed by atoms with Crippen molar-refractivity contribution in [3.05, 3.63) is 0 Å². The predicted octanol–water partition coefficient (Wildman–Crippen LogP) is 0.354. The fraction of sp³-hybridized carbons (Fsp3) is 0.818. The van der Waals surface area contributed by atoms with Crippen molar-refractivity contribution in [2.45, 2.75) is 45.2 Å². The minimum absolute atomic E-state index is 0.298. The van der Waals surface area contributed by atoms with Crippen LogP contribution in [0.1, 0.15) is 33.1 Å². The average Bonchev–Trinajstić information content (AvgIpc) is 2.58.